The molecule has 0 atom stereocenters. The predicted octanol–water partition coefficient (Wildman–Crippen LogP) is 4.33. The largest absolute Gasteiger partial charge is 0.490 e. The van der Waals surface area contributed by atoms with Crippen LogP contribution in [0.15, 0.2) is 23.1 Å². The lowest BCUT2D eigenvalue weighted by atomic mass is 10.1. The second-order valence-corrected chi connectivity index (χ2v) is 7.85. The van der Waals surface area contributed by atoms with E-state index in [-0.39, 0.29) is 18.9 Å². The molecule has 1 N–H and O–H groups in total. The minimum atomic E-state index is -0.964. The van der Waals surface area contributed by atoms with Crippen molar-refractivity contribution in [2.75, 3.05) is 19.8 Å². The molecule has 1 saturated heterocycles. The molecule has 1 aliphatic rings. The maximum absolute atomic E-state index is 12.5. The number of hydrogen-bond donors (Lipinski definition) is 1. The minimum absolute atomic E-state index is 0.0755. The first-order chi connectivity index (χ1) is 13.5. The van der Waals surface area contributed by atoms with Gasteiger partial charge in [0.2, 0.25) is 0 Å². The molecule has 0 aromatic heterocycles. The summed E-state index contributed by atoms with van der Waals surface area (Å²) in [6.07, 6.45) is 4.83. The fraction of sp³-hybridized carbons (Fsp3) is 0.450. The highest BCUT2D eigenvalue weighted by molar-refractivity contribution is 8.26. The van der Waals surface area contributed by atoms with E-state index < -0.39 is 5.97 Å². The Kier molecular flexibility index (Phi) is 8.79. The standard InChI is InChI=1S/C20H25NO5S2/c1-3-5-6-11-26-15-8-7-14(12-16(15)25-4-2)13-17-19(24)21(20(27)28-17)10-9-18(22)23/h7-8,12-13H,3-6,9-11H2,1-2H3,(H,22,23)/b17-13-. The number of unbranched alkanes of at least 4 members (excludes halogenated alkanes) is 2. The molecule has 152 valence electrons. The molecule has 0 radical (unpaired) electrons. The van der Waals surface area contributed by atoms with Gasteiger partial charge in [0.05, 0.1) is 24.5 Å². The number of hydrogen-bond acceptors (Lipinski definition) is 6. The van der Waals surface area contributed by atoms with Gasteiger partial charge in [-0.05, 0) is 37.1 Å². The van der Waals surface area contributed by atoms with Gasteiger partial charge in [0.1, 0.15) is 4.32 Å². The maximum Gasteiger partial charge on any atom is 0.305 e. The Labute approximate surface area is 174 Å². The van der Waals surface area contributed by atoms with Crippen molar-refractivity contribution < 1.29 is 24.2 Å². The quantitative estimate of drug-likeness (QED) is 0.322. The molecule has 28 heavy (non-hydrogen) atoms. The Hall–Kier alpha value is -2.06. The van der Waals surface area contributed by atoms with Crippen molar-refractivity contribution in [3.63, 3.8) is 0 Å². The van der Waals surface area contributed by atoms with E-state index in [2.05, 4.69) is 6.92 Å². The summed E-state index contributed by atoms with van der Waals surface area (Å²) in [6, 6.07) is 5.54. The van der Waals surface area contributed by atoms with Crippen LogP contribution in [-0.4, -0.2) is 46.0 Å². The molecule has 1 amide bonds. The normalized spacial score (nSPS) is 15.4. The molecule has 0 bridgehead atoms. The van der Waals surface area contributed by atoms with Crippen LogP contribution in [0.3, 0.4) is 0 Å². The summed E-state index contributed by atoms with van der Waals surface area (Å²) in [5.41, 5.74) is 0.795. The van der Waals surface area contributed by atoms with Crippen molar-refractivity contribution in [2.24, 2.45) is 0 Å². The van der Waals surface area contributed by atoms with Gasteiger partial charge in [-0.25, -0.2) is 0 Å². The number of nitrogens with zero attached hydrogens (tertiary/aromatic N) is 1. The van der Waals surface area contributed by atoms with Crippen molar-refractivity contribution in [1.82, 2.24) is 4.90 Å². The van der Waals surface area contributed by atoms with E-state index in [9.17, 15) is 9.59 Å². The summed E-state index contributed by atoms with van der Waals surface area (Å²) in [5, 5.41) is 8.82. The number of rotatable bonds is 11. The molecule has 8 heteroatoms. The van der Waals surface area contributed by atoms with Crippen molar-refractivity contribution in [3.05, 3.63) is 28.7 Å². The third-order valence-corrected chi connectivity index (χ3v) is 5.37. The number of ether oxygens (including phenoxy) is 2. The first-order valence-electron chi connectivity index (χ1n) is 9.33. The highest BCUT2D eigenvalue weighted by Crippen LogP contribution is 2.35. The number of carbonyl (C=O) groups excluding carboxylic acids is 1. The summed E-state index contributed by atoms with van der Waals surface area (Å²) >= 11 is 6.38. The van der Waals surface area contributed by atoms with Gasteiger partial charge < -0.3 is 14.6 Å². The second kappa shape index (κ2) is 11.1. The molecule has 1 aromatic carbocycles. The zero-order chi connectivity index (χ0) is 20.5. The summed E-state index contributed by atoms with van der Waals surface area (Å²) < 4.78 is 11.9. The number of benzene rings is 1. The smallest absolute Gasteiger partial charge is 0.305 e. The number of carboxylic acid groups (broad SMARTS) is 1. The number of amides is 1. The average Bonchev–Trinajstić information content (AvgIpc) is 2.92. The van der Waals surface area contributed by atoms with Crippen LogP contribution in [0.1, 0.15) is 45.1 Å². The first kappa shape index (κ1) is 22.2. The molecule has 1 fully saturated rings. The Morgan fingerprint density at radius 2 is 2.04 bits per heavy atom. The average molecular weight is 424 g/mol. The van der Waals surface area contributed by atoms with Gasteiger partial charge in [-0.1, -0.05) is 49.8 Å². The molecular weight excluding hydrogens is 398 g/mol. The summed E-state index contributed by atoms with van der Waals surface area (Å²) in [7, 11) is 0. The Bertz CT molecular complexity index is 763. The molecule has 1 aliphatic heterocycles. The zero-order valence-electron chi connectivity index (χ0n) is 16.1. The van der Waals surface area contributed by atoms with E-state index in [1.807, 2.05) is 25.1 Å². The Morgan fingerprint density at radius 3 is 2.71 bits per heavy atom. The SMILES string of the molecule is CCCCCOc1ccc(/C=C2\SC(=S)N(CCC(=O)O)C2=O)cc1OCC. The van der Waals surface area contributed by atoms with Crippen molar-refractivity contribution in [1.29, 1.82) is 0 Å². The topological polar surface area (TPSA) is 76.1 Å². The van der Waals surface area contributed by atoms with Crippen LogP contribution in [0.25, 0.3) is 6.08 Å². The van der Waals surface area contributed by atoms with Crippen LogP contribution in [0.2, 0.25) is 0 Å². The number of thiocarbonyl (C=S) groups is 1. The third-order valence-electron chi connectivity index (χ3n) is 3.99. The van der Waals surface area contributed by atoms with E-state index in [1.54, 1.807) is 6.08 Å². The van der Waals surface area contributed by atoms with Crippen LogP contribution in [0.5, 0.6) is 11.5 Å². The van der Waals surface area contributed by atoms with Crippen molar-refractivity contribution in [3.8, 4) is 11.5 Å². The molecule has 0 saturated carbocycles. The fourth-order valence-electron chi connectivity index (χ4n) is 2.59. The van der Waals surface area contributed by atoms with Crippen molar-refractivity contribution in [2.45, 2.75) is 39.5 Å². The molecule has 0 aliphatic carbocycles. The van der Waals surface area contributed by atoms with Crippen LogP contribution >= 0.6 is 24.0 Å². The van der Waals surface area contributed by atoms with Crippen molar-refractivity contribution >= 4 is 46.3 Å². The van der Waals surface area contributed by atoms with Crippen LogP contribution in [-0.2, 0) is 9.59 Å². The van der Waals surface area contributed by atoms with Crippen LogP contribution in [0, 0.1) is 0 Å². The molecule has 1 heterocycles. The van der Waals surface area contributed by atoms with E-state index in [4.69, 9.17) is 26.8 Å². The molecule has 6 nitrogen and oxygen atoms in total. The second-order valence-electron chi connectivity index (χ2n) is 6.17. The predicted molar refractivity (Wildman–Crippen MR) is 115 cm³/mol. The Balaban J connectivity index is 2.13. The summed E-state index contributed by atoms with van der Waals surface area (Å²) in [6.45, 7) is 5.26. The lowest BCUT2D eigenvalue weighted by Crippen LogP contribution is -2.30. The van der Waals surface area contributed by atoms with E-state index >= 15 is 0 Å². The van der Waals surface area contributed by atoms with Gasteiger partial charge in [0.25, 0.3) is 5.91 Å². The van der Waals surface area contributed by atoms with Crippen LogP contribution < -0.4 is 9.47 Å². The zero-order valence-corrected chi connectivity index (χ0v) is 17.7. The molecular formula is C20H25NO5S2. The highest BCUT2D eigenvalue weighted by atomic mass is 32.2. The highest BCUT2D eigenvalue weighted by Gasteiger charge is 2.32. The number of carboxylic acids is 1. The number of carbonyl (C=O) groups is 2. The first-order valence-corrected chi connectivity index (χ1v) is 10.6. The van der Waals surface area contributed by atoms with E-state index in [1.165, 1.54) is 16.7 Å². The van der Waals surface area contributed by atoms with Gasteiger partial charge in [-0.15, -0.1) is 0 Å². The van der Waals surface area contributed by atoms with Gasteiger partial charge >= 0.3 is 5.97 Å². The number of thioether (sulfide) groups is 1. The van der Waals surface area contributed by atoms with Gasteiger partial charge in [-0.2, -0.15) is 0 Å². The number of aliphatic carboxylic acids is 1. The van der Waals surface area contributed by atoms with Gasteiger partial charge in [0.15, 0.2) is 11.5 Å². The van der Waals surface area contributed by atoms with Gasteiger partial charge in [-0.3, -0.25) is 14.5 Å². The summed E-state index contributed by atoms with van der Waals surface area (Å²) in [5.74, 6) is 0.0845. The monoisotopic (exact) mass is 423 g/mol. The molecule has 1 aromatic rings. The maximum atomic E-state index is 12.5. The lowest BCUT2D eigenvalue weighted by molar-refractivity contribution is -0.137. The molecule has 0 unspecified atom stereocenters. The van der Waals surface area contributed by atoms with Gasteiger partial charge in [0, 0.05) is 6.54 Å². The van der Waals surface area contributed by atoms with E-state index in [0.29, 0.717) is 33.9 Å². The molecule has 0 spiro atoms. The Morgan fingerprint density at radius 1 is 1.25 bits per heavy atom. The third kappa shape index (κ3) is 6.24. The van der Waals surface area contributed by atoms with Crippen LogP contribution in [0.4, 0.5) is 0 Å². The minimum Gasteiger partial charge on any atom is -0.490 e. The lowest BCUT2D eigenvalue weighted by Gasteiger charge is -2.13. The van der Waals surface area contributed by atoms with E-state index in [0.717, 1.165) is 24.8 Å². The fourth-order valence-corrected chi connectivity index (χ4v) is 3.90. The molecule has 2 rings (SSSR count). The summed E-state index contributed by atoms with van der Waals surface area (Å²) in [4.78, 5) is 25.1.